The van der Waals surface area contributed by atoms with Gasteiger partial charge in [0.25, 0.3) is 5.56 Å². The molecule has 5 nitrogen and oxygen atoms in total. The lowest BCUT2D eigenvalue weighted by molar-refractivity contribution is 0.636. The highest BCUT2D eigenvalue weighted by atomic mass is 19.1. The summed E-state index contributed by atoms with van der Waals surface area (Å²) in [5.41, 5.74) is 6.08. The van der Waals surface area contributed by atoms with Gasteiger partial charge >= 0.3 is 0 Å². The highest BCUT2D eigenvalue weighted by molar-refractivity contribution is 5.83. The molecule has 0 spiro atoms. The van der Waals surface area contributed by atoms with Crippen LogP contribution < -0.4 is 11.3 Å². The fourth-order valence-electron chi connectivity index (χ4n) is 2.30. The Bertz CT molecular complexity index is 821. The molecule has 0 aliphatic carbocycles. The van der Waals surface area contributed by atoms with Crippen molar-refractivity contribution in [2.45, 2.75) is 13.0 Å². The Kier molecular flexibility index (Phi) is 2.87. The third kappa shape index (κ3) is 1.81. The molecule has 0 amide bonds. The van der Waals surface area contributed by atoms with Gasteiger partial charge in [-0.2, -0.15) is 5.10 Å². The number of nitrogens with two attached hydrogens (primary N) is 1. The fourth-order valence-corrected chi connectivity index (χ4v) is 2.30. The number of pyridine rings is 1. The van der Waals surface area contributed by atoms with Crippen LogP contribution in [0.2, 0.25) is 0 Å². The van der Waals surface area contributed by atoms with Crippen molar-refractivity contribution in [3.63, 3.8) is 0 Å². The van der Waals surface area contributed by atoms with Gasteiger partial charge in [0, 0.05) is 17.8 Å². The zero-order valence-electron chi connectivity index (χ0n) is 10.8. The molecule has 102 valence electrons. The molecule has 0 fully saturated rings. The van der Waals surface area contributed by atoms with E-state index in [4.69, 9.17) is 5.73 Å². The van der Waals surface area contributed by atoms with E-state index in [1.807, 2.05) is 0 Å². The van der Waals surface area contributed by atoms with Crippen molar-refractivity contribution < 1.29 is 4.39 Å². The summed E-state index contributed by atoms with van der Waals surface area (Å²) < 4.78 is 15.3. The first kappa shape index (κ1) is 12.6. The van der Waals surface area contributed by atoms with Crippen LogP contribution in [0, 0.1) is 5.82 Å². The standard InChI is InChI=1S/C14H13FN4O/c1-8(16)11-7-9-3-2-4-10(15)13(9)14(20)19(11)12-5-6-17-18-12/h2-8H,16H2,1H3,(H,17,18)/t8-/m0/s1. The molecule has 3 N–H and O–H groups in total. The van der Waals surface area contributed by atoms with Gasteiger partial charge in [0.1, 0.15) is 11.6 Å². The maximum absolute atomic E-state index is 13.9. The maximum Gasteiger partial charge on any atom is 0.267 e. The first-order valence-electron chi connectivity index (χ1n) is 6.19. The van der Waals surface area contributed by atoms with E-state index in [1.54, 1.807) is 31.2 Å². The number of hydrogen-bond acceptors (Lipinski definition) is 3. The molecule has 0 bridgehead atoms. The summed E-state index contributed by atoms with van der Waals surface area (Å²) in [5, 5.41) is 7.12. The average Bonchev–Trinajstić information content (AvgIpc) is 2.91. The van der Waals surface area contributed by atoms with Crippen LogP contribution in [0.25, 0.3) is 16.6 Å². The molecule has 0 aliphatic heterocycles. The molecule has 0 aliphatic rings. The van der Waals surface area contributed by atoms with Crippen LogP contribution >= 0.6 is 0 Å². The Morgan fingerprint density at radius 3 is 2.85 bits per heavy atom. The third-order valence-electron chi connectivity index (χ3n) is 3.22. The van der Waals surface area contributed by atoms with Crippen molar-refractivity contribution in [3.8, 4) is 5.82 Å². The van der Waals surface area contributed by atoms with Crippen LogP contribution in [0.4, 0.5) is 4.39 Å². The summed E-state index contributed by atoms with van der Waals surface area (Å²) in [6.07, 6.45) is 1.53. The van der Waals surface area contributed by atoms with Crippen molar-refractivity contribution in [2.24, 2.45) is 5.73 Å². The number of nitrogens with one attached hydrogen (secondary N) is 1. The first-order chi connectivity index (χ1) is 9.59. The van der Waals surface area contributed by atoms with E-state index in [9.17, 15) is 9.18 Å². The number of halogens is 1. The third-order valence-corrected chi connectivity index (χ3v) is 3.22. The Morgan fingerprint density at radius 1 is 1.40 bits per heavy atom. The molecule has 1 atom stereocenters. The van der Waals surface area contributed by atoms with Crippen LogP contribution in [-0.4, -0.2) is 14.8 Å². The number of aromatic amines is 1. The lowest BCUT2D eigenvalue weighted by Gasteiger charge is -2.15. The summed E-state index contributed by atoms with van der Waals surface area (Å²) in [4.78, 5) is 12.6. The number of rotatable bonds is 2. The van der Waals surface area contributed by atoms with Crippen LogP contribution in [0.5, 0.6) is 0 Å². The highest BCUT2D eigenvalue weighted by Gasteiger charge is 2.16. The molecule has 0 radical (unpaired) electrons. The molecule has 2 aromatic heterocycles. The van der Waals surface area contributed by atoms with Crippen molar-refractivity contribution in [1.29, 1.82) is 0 Å². The summed E-state index contributed by atoms with van der Waals surface area (Å²) in [6, 6.07) is 7.53. The molecular weight excluding hydrogens is 259 g/mol. The smallest absolute Gasteiger partial charge is 0.267 e. The van der Waals surface area contributed by atoms with Gasteiger partial charge in [0.05, 0.1) is 11.6 Å². The van der Waals surface area contributed by atoms with Crippen LogP contribution in [0.3, 0.4) is 0 Å². The summed E-state index contributed by atoms with van der Waals surface area (Å²) >= 11 is 0. The molecule has 3 aromatic rings. The second-order valence-corrected chi connectivity index (χ2v) is 4.64. The summed E-state index contributed by atoms with van der Waals surface area (Å²) in [5.74, 6) is -0.0792. The highest BCUT2D eigenvalue weighted by Crippen LogP contribution is 2.20. The quantitative estimate of drug-likeness (QED) is 0.747. The van der Waals surface area contributed by atoms with Crippen molar-refractivity contribution in [2.75, 3.05) is 0 Å². The van der Waals surface area contributed by atoms with E-state index in [0.717, 1.165) is 0 Å². The van der Waals surface area contributed by atoms with E-state index in [-0.39, 0.29) is 11.4 Å². The topological polar surface area (TPSA) is 76.7 Å². The molecule has 0 saturated carbocycles. The average molecular weight is 272 g/mol. The predicted molar refractivity (Wildman–Crippen MR) is 74.3 cm³/mol. The number of aromatic nitrogens is 3. The van der Waals surface area contributed by atoms with Crippen LogP contribution in [0.15, 0.2) is 41.3 Å². The van der Waals surface area contributed by atoms with Gasteiger partial charge in [0.15, 0.2) is 0 Å². The molecule has 6 heteroatoms. The fraction of sp³-hybridized carbons (Fsp3) is 0.143. The number of benzene rings is 1. The van der Waals surface area contributed by atoms with E-state index in [0.29, 0.717) is 16.9 Å². The van der Waals surface area contributed by atoms with E-state index in [1.165, 1.54) is 16.8 Å². The number of hydrogen-bond donors (Lipinski definition) is 2. The minimum Gasteiger partial charge on any atom is -0.323 e. The van der Waals surface area contributed by atoms with E-state index in [2.05, 4.69) is 10.2 Å². The lowest BCUT2D eigenvalue weighted by atomic mass is 10.1. The summed E-state index contributed by atoms with van der Waals surface area (Å²) in [7, 11) is 0. The van der Waals surface area contributed by atoms with Gasteiger partial charge < -0.3 is 5.73 Å². The van der Waals surface area contributed by atoms with Gasteiger partial charge in [0.2, 0.25) is 0 Å². The molecular formula is C14H13FN4O. The summed E-state index contributed by atoms with van der Waals surface area (Å²) in [6.45, 7) is 1.77. The van der Waals surface area contributed by atoms with Crippen LogP contribution in [0.1, 0.15) is 18.7 Å². The minimum atomic E-state index is -0.544. The Hall–Kier alpha value is -2.47. The number of nitrogens with zero attached hydrogens (tertiary/aromatic N) is 2. The van der Waals surface area contributed by atoms with Crippen molar-refractivity contribution >= 4 is 10.8 Å². The molecule has 20 heavy (non-hydrogen) atoms. The van der Waals surface area contributed by atoms with Gasteiger partial charge in [-0.1, -0.05) is 12.1 Å². The Labute approximate surface area is 113 Å². The second-order valence-electron chi connectivity index (χ2n) is 4.64. The largest absolute Gasteiger partial charge is 0.323 e. The lowest BCUT2D eigenvalue weighted by Crippen LogP contribution is -2.26. The van der Waals surface area contributed by atoms with E-state index < -0.39 is 11.4 Å². The zero-order chi connectivity index (χ0) is 14.3. The SMILES string of the molecule is C[C@H](N)c1cc2cccc(F)c2c(=O)n1-c1ccn[nH]1. The van der Waals surface area contributed by atoms with Gasteiger partial charge in [-0.15, -0.1) is 0 Å². The Balaban J connectivity index is 2.48. The predicted octanol–water partition coefficient (Wildman–Crippen LogP) is 1.87. The van der Waals surface area contributed by atoms with Gasteiger partial charge in [-0.25, -0.2) is 4.39 Å². The first-order valence-corrected chi connectivity index (χ1v) is 6.19. The maximum atomic E-state index is 13.9. The number of fused-ring (bicyclic) bond motifs is 1. The molecule has 0 unspecified atom stereocenters. The van der Waals surface area contributed by atoms with Crippen molar-refractivity contribution in [1.82, 2.24) is 14.8 Å². The van der Waals surface area contributed by atoms with Crippen molar-refractivity contribution in [3.05, 3.63) is 58.4 Å². The van der Waals surface area contributed by atoms with Gasteiger partial charge in [-0.3, -0.25) is 14.5 Å². The molecule has 0 saturated heterocycles. The normalized spacial score (nSPS) is 12.8. The number of H-pyrrole nitrogens is 1. The molecule has 3 rings (SSSR count). The Morgan fingerprint density at radius 2 is 2.20 bits per heavy atom. The minimum absolute atomic E-state index is 0.0477. The van der Waals surface area contributed by atoms with E-state index >= 15 is 0 Å². The monoisotopic (exact) mass is 272 g/mol. The van der Waals surface area contributed by atoms with Crippen LogP contribution in [-0.2, 0) is 0 Å². The van der Waals surface area contributed by atoms with Gasteiger partial charge in [-0.05, 0) is 24.4 Å². The molecule has 2 heterocycles. The zero-order valence-corrected chi connectivity index (χ0v) is 10.8. The second kappa shape index (κ2) is 4.57. The molecule has 1 aromatic carbocycles.